The molecule has 2 aromatic carbocycles. The van der Waals surface area contributed by atoms with Gasteiger partial charge in [-0.2, -0.15) is 4.31 Å². The summed E-state index contributed by atoms with van der Waals surface area (Å²) in [7, 11) is -3.73. The number of nitrogens with zero attached hydrogens (tertiary/aromatic N) is 2. The molecule has 1 aliphatic heterocycles. The SMILES string of the molecule is CCN(CC)S(=O)(=O)c1ccc(N2CCCC2)c(C(=O)Nc2ccc(Br)cc2F)c1. The molecular formula is C21H25BrFN3O3S. The number of anilines is 2. The van der Waals surface area contributed by atoms with Crippen LogP contribution in [0.15, 0.2) is 45.8 Å². The standard InChI is InChI=1S/C21H25BrFN3O3S/c1-3-26(4-2)30(28,29)16-8-10-20(25-11-5-6-12-25)17(14-16)21(27)24-19-9-7-15(22)13-18(19)23/h7-10,13-14H,3-6,11-12H2,1-2H3,(H,24,27). The van der Waals surface area contributed by atoms with Gasteiger partial charge in [0.2, 0.25) is 10.0 Å². The van der Waals surface area contributed by atoms with Gasteiger partial charge in [-0.05, 0) is 49.2 Å². The summed E-state index contributed by atoms with van der Waals surface area (Å²) in [6.07, 6.45) is 2.00. The van der Waals surface area contributed by atoms with E-state index in [1.54, 1.807) is 26.0 Å². The first-order valence-electron chi connectivity index (χ1n) is 9.93. The molecule has 0 atom stereocenters. The molecule has 0 aromatic heterocycles. The maximum Gasteiger partial charge on any atom is 0.257 e. The smallest absolute Gasteiger partial charge is 0.257 e. The minimum atomic E-state index is -3.73. The highest BCUT2D eigenvalue weighted by Crippen LogP contribution is 2.30. The number of nitrogens with one attached hydrogen (secondary N) is 1. The van der Waals surface area contributed by atoms with E-state index in [0.29, 0.717) is 23.2 Å². The zero-order valence-corrected chi connectivity index (χ0v) is 19.4. The van der Waals surface area contributed by atoms with Crippen molar-refractivity contribution < 1.29 is 17.6 Å². The molecule has 0 saturated carbocycles. The van der Waals surface area contributed by atoms with Gasteiger partial charge in [0.05, 0.1) is 16.1 Å². The third-order valence-electron chi connectivity index (χ3n) is 5.18. The largest absolute Gasteiger partial charge is 0.371 e. The number of halogens is 2. The Balaban J connectivity index is 2.03. The minimum Gasteiger partial charge on any atom is -0.371 e. The lowest BCUT2D eigenvalue weighted by molar-refractivity contribution is 0.102. The Morgan fingerprint density at radius 3 is 2.40 bits per heavy atom. The molecule has 0 unspecified atom stereocenters. The lowest BCUT2D eigenvalue weighted by Gasteiger charge is -2.23. The van der Waals surface area contributed by atoms with Crippen LogP contribution >= 0.6 is 15.9 Å². The average molecular weight is 498 g/mol. The Bertz CT molecular complexity index is 1040. The molecule has 1 fully saturated rings. The quantitative estimate of drug-likeness (QED) is 0.612. The van der Waals surface area contributed by atoms with Crippen molar-refractivity contribution in [3.05, 3.63) is 52.3 Å². The van der Waals surface area contributed by atoms with E-state index >= 15 is 0 Å². The van der Waals surface area contributed by atoms with Crippen LogP contribution in [0.5, 0.6) is 0 Å². The average Bonchev–Trinajstić information content (AvgIpc) is 3.25. The lowest BCUT2D eigenvalue weighted by Crippen LogP contribution is -2.31. The van der Waals surface area contributed by atoms with Crippen molar-refractivity contribution in [2.45, 2.75) is 31.6 Å². The van der Waals surface area contributed by atoms with Gasteiger partial charge < -0.3 is 10.2 Å². The fourth-order valence-corrected chi connectivity index (χ4v) is 5.40. The monoisotopic (exact) mass is 497 g/mol. The Labute approximate surface area is 185 Å². The van der Waals surface area contributed by atoms with Crippen molar-refractivity contribution in [3.8, 4) is 0 Å². The first-order valence-corrected chi connectivity index (χ1v) is 12.2. The summed E-state index contributed by atoms with van der Waals surface area (Å²) in [5, 5.41) is 2.58. The molecule has 3 rings (SSSR count). The maximum absolute atomic E-state index is 14.2. The van der Waals surface area contributed by atoms with Crippen molar-refractivity contribution in [2.75, 3.05) is 36.4 Å². The number of benzene rings is 2. The van der Waals surface area contributed by atoms with Gasteiger partial charge in [0, 0.05) is 36.3 Å². The molecule has 6 nitrogen and oxygen atoms in total. The fraction of sp³-hybridized carbons (Fsp3) is 0.381. The van der Waals surface area contributed by atoms with Crippen LogP contribution in [-0.2, 0) is 10.0 Å². The van der Waals surface area contributed by atoms with Gasteiger partial charge in [0.1, 0.15) is 5.82 Å². The van der Waals surface area contributed by atoms with E-state index in [1.165, 1.54) is 28.6 Å². The topological polar surface area (TPSA) is 69.7 Å². The highest BCUT2D eigenvalue weighted by Gasteiger charge is 2.26. The van der Waals surface area contributed by atoms with Gasteiger partial charge >= 0.3 is 0 Å². The Morgan fingerprint density at radius 2 is 1.80 bits per heavy atom. The molecule has 9 heteroatoms. The maximum atomic E-state index is 14.2. The van der Waals surface area contributed by atoms with Crippen LogP contribution in [0, 0.1) is 5.82 Å². The minimum absolute atomic E-state index is 0.0348. The zero-order chi connectivity index (χ0) is 21.9. The lowest BCUT2D eigenvalue weighted by atomic mass is 10.1. The zero-order valence-electron chi connectivity index (χ0n) is 17.0. The molecule has 162 valence electrons. The van der Waals surface area contributed by atoms with Gasteiger partial charge in [-0.1, -0.05) is 29.8 Å². The summed E-state index contributed by atoms with van der Waals surface area (Å²) in [5.74, 6) is -1.12. The molecule has 0 aliphatic carbocycles. The first-order chi connectivity index (χ1) is 14.3. The van der Waals surface area contributed by atoms with E-state index in [1.807, 2.05) is 0 Å². The second-order valence-corrected chi connectivity index (χ2v) is 9.89. The second kappa shape index (κ2) is 9.45. The molecule has 1 N–H and O–H groups in total. The van der Waals surface area contributed by atoms with Gasteiger partial charge in [0.25, 0.3) is 5.91 Å². The molecule has 1 saturated heterocycles. The fourth-order valence-electron chi connectivity index (χ4n) is 3.58. The molecule has 0 bridgehead atoms. The molecule has 30 heavy (non-hydrogen) atoms. The van der Waals surface area contributed by atoms with Crippen LogP contribution in [0.2, 0.25) is 0 Å². The molecule has 0 radical (unpaired) electrons. The highest BCUT2D eigenvalue weighted by atomic mass is 79.9. The van der Waals surface area contributed by atoms with Gasteiger partial charge in [-0.25, -0.2) is 12.8 Å². The Kier molecular flexibility index (Phi) is 7.15. The van der Waals surface area contributed by atoms with Crippen molar-refractivity contribution >= 4 is 43.2 Å². The predicted octanol–water partition coefficient (Wildman–Crippen LogP) is 4.47. The van der Waals surface area contributed by atoms with Gasteiger partial charge in [-0.15, -0.1) is 0 Å². The molecule has 2 aromatic rings. The van der Waals surface area contributed by atoms with E-state index in [2.05, 4.69) is 26.1 Å². The van der Waals surface area contributed by atoms with Crippen molar-refractivity contribution in [1.29, 1.82) is 0 Å². The van der Waals surface area contributed by atoms with Crippen LogP contribution in [0.4, 0.5) is 15.8 Å². The summed E-state index contributed by atoms with van der Waals surface area (Å²) in [4.78, 5) is 15.2. The number of sulfonamides is 1. The summed E-state index contributed by atoms with van der Waals surface area (Å²) >= 11 is 3.19. The van der Waals surface area contributed by atoms with Crippen LogP contribution in [0.1, 0.15) is 37.0 Å². The summed E-state index contributed by atoms with van der Waals surface area (Å²) in [6, 6.07) is 8.96. The molecular weight excluding hydrogens is 473 g/mol. The van der Waals surface area contributed by atoms with E-state index in [4.69, 9.17) is 0 Å². The van der Waals surface area contributed by atoms with E-state index in [0.717, 1.165) is 25.9 Å². The number of hydrogen-bond acceptors (Lipinski definition) is 4. The van der Waals surface area contributed by atoms with E-state index < -0.39 is 21.7 Å². The number of hydrogen-bond donors (Lipinski definition) is 1. The van der Waals surface area contributed by atoms with Crippen LogP contribution in [0.3, 0.4) is 0 Å². The van der Waals surface area contributed by atoms with Crippen LogP contribution in [0.25, 0.3) is 0 Å². The summed E-state index contributed by atoms with van der Waals surface area (Å²) in [6.45, 7) is 5.77. The predicted molar refractivity (Wildman–Crippen MR) is 120 cm³/mol. The highest BCUT2D eigenvalue weighted by molar-refractivity contribution is 9.10. The normalized spacial score (nSPS) is 14.4. The first kappa shape index (κ1) is 22.7. The molecule has 1 heterocycles. The number of amides is 1. The van der Waals surface area contributed by atoms with Crippen molar-refractivity contribution in [2.24, 2.45) is 0 Å². The van der Waals surface area contributed by atoms with E-state index in [9.17, 15) is 17.6 Å². The third kappa shape index (κ3) is 4.68. The number of carbonyl (C=O) groups excluding carboxylic acids is 1. The Hall–Kier alpha value is -1.97. The van der Waals surface area contributed by atoms with Crippen molar-refractivity contribution in [3.63, 3.8) is 0 Å². The summed E-state index contributed by atoms with van der Waals surface area (Å²) < 4.78 is 42.1. The second-order valence-electron chi connectivity index (χ2n) is 7.04. The molecule has 1 aliphatic rings. The molecule has 1 amide bonds. The van der Waals surface area contributed by atoms with Gasteiger partial charge in [0.15, 0.2) is 0 Å². The number of carbonyl (C=O) groups is 1. The summed E-state index contributed by atoms with van der Waals surface area (Å²) in [5.41, 5.74) is 0.904. The van der Waals surface area contributed by atoms with Crippen molar-refractivity contribution in [1.82, 2.24) is 4.31 Å². The number of rotatable bonds is 7. The third-order valence-corrected chi connectivity index (χ3v) is 7.72. The van der Waals surface area contributed by atoms with Gasteiger partial charge in [-0.3, -0.25) is 4.79 Å². The van der Waals surface area contributed by atoms with Crippen LogP contribution < -0.4 is 10.2 Å². The van der Waals surface area contributed by atoms with Crippen LogP contribution in [-0.4, -0.2) is 44.8 Å². The molecule has 0 spiro atoms. The Morgan fingerprint density at radius 1 is 1.13 bits per heavy atom. The van der Waals surface area contributed by atoms with E-state index in [-0.39, 0.29) is 16.1 Å².